The Hall–Kier alpha value is -1.06. The third kappa shape index (κ3) is 3.24. The normalized spacial score (nSPS) is 15.9. The first-order valence-electron chi connectivity index (χ1n) is 6.96. The van der Waals surface area contributed by atoms with Gasteiger partial charge in [0.1, 0.15) is 5.41 Å². The lowest BCUT2D eigenvalue weighted by atomic mass is 9.89. The minimum Gasteiger partial charge on any atom is -0.345 e. The number of likely N-dealkylation sites (tertiary alicyclic amines) is 1. The number of carbonyl (C=O) groups is 2. The summed E-state index contributed by atoms with van der Waals surface area (Å²) in [6.07, 6.45) is 4.15. The molecule has 0 spiro atoms. The molecule has 1 aliphatic rings. The minimum atomic E-state index is -0.924. The molecular weight excluding hydrogens is 228 g/mol. The van der Waals surface area contributed by atoms with E-state index in [9.17, 15) is 9.59 Å². The first-order chi connectivity index (χ1) is 8.41. The van der Waals surface area contributed by atoms with Crippen LogP contribution in [0.15, 0.2) is 0 Å². The van der Waals surface area contributed by atoms with Crippen LogP contribution in [0.25, 0.3) is 0 Å². The topological polar surface area (TPSA) is 40.6 Å². The zero-order valence-corrected chi connectivity index (χ0v) is 12.2. The van der Waals surface area contributed by atoms with E-state index < -0.39 is 5.41 Å². The maximum atomic E-state index is 12.4. The largest absolute Gasteiger partial charge is 0.345 e. The number of hydrogen-bond donors (Lipinski definition) is 0. The molecule has 1 fully saturated rings. The summed E-state index contributed by atoms with van der Waals surface area (Å²) in [5.41, 5.74) is -0.924. The van der Waals surface area contributed by atoms with Gasteiger partial charge in [0.25, 0.3) is 0 Å². The Bertz CT molecular complexity index is 307. The van der Waals surface area contributed by atoms with E-state index in [0.717, 1.165) is 45.3 Å². The van der Waals surface area contributed by atoms with Gasteiger partial charge >= 0.3 is 0 Å². The van der Waals surface area contributed by atoms with Crippen molar-refractivity contribution in [1.29, 1.82) is 0 Å². The monoisotopic (exact) mass is 254 g/mol. The Balaban J connectivity index is 2.65. The van der Waals surface area contributed by atoms with Crippen LogP contribution in [0.5, 0.6) is 0 Å². The predicted octanol–water partition coefficient (Wildman–Crippen LogP) is 1.89. The summed E-state index contributed by atoms with van der Waals surface area (Å²) in [6.45, 7) is 7.92. The molecule has 4 nitrogen and oxygen atoms in total. The second-order valence-corrected chi connectivity index (χ2v) is 5.70. The zero-order chi connectivity index (χ0) is 13.8. The van der Waals surface area contributed by atoms with Gasteiger partial charge in [-0.3, -0.25) is 9.59 Å². The van der Waals surface area contributed by atoms with Gasteiger partial charge < -0.3 is 9.80 Å². The lowest BCUT2D eigenvalue weighted by Crippen LogP contribution is -2.49. The molecule has 0 N–H and O–H groups in total. The molecular formula is C14H26N2O2. The Morgan fingerprint density at radius 2 is 1.78 bits per heavy atom. The van der Waals surface area contributed by atoms with Crippen molar-refractivity contribution in [3.63, 3.8) is 0 Å². The fourth-order valence-electron chi connectivity index (χ4n) is 2.38. The predicted molar refractivity (Wildman–Crippen MR) is 72.1 cm³/mol. The molecule has 0 atom stereocenters. The second kappa shape index (κ2) is 6.21. The van der Waals surface area contributed by atoms with Crippen LogP contribution >= 0.6 is 0 Å². The molecule has 1 rings (SSSR count). The quantitative estimate of drug-likeness (QED) is 0.703. The summed E-state index contributed by atoms with van der Waals surface area (Å²) in [6, 6.07) is 0. The Labute approximate surface area is 110 Å². The van der Waals surface area contributed by atoms with E-state index in [1.165, 1.54) is 0 Å². The molecule has 0 aromatic carbocycles. The smallest absolute Gasteiger partial charge is 0.237 e. The van der Waals surface area contributed by atoms with Crippen LogP contribution in [0.3, 0.4) is 0 Å². The summed E-state index contributed by atoms with van der Waals surface area (Å²) in [5.74, 6) is -0.0822. The standard InChI is InChI=1S/C14H26N2O2/c1-5-6-9-15(4)12(17)14(2,3)13(18)16-10-7-8-11-16/h5-11H2,1-4H3. The summed E-state index contributed by atoms with van der Waals surface area (Å²) >= 11 is 0. The van der Waals surface area contributed by atoms with Crippen molar-refractivity contribution >= 4 is 11.8 Å². The van der Waals surface area contributed by atoms with Crippen LogP contribution < -0.4 is 0 Å². The van der Waals surface area contributed by atoms with Crippen molar-refractivity contribution < 1.29 is 9.59 Å². The van der Waals surface area contributed by atoms with Crippen molar-refractivity contribution in [2.75, 3.05) is 26.7 Å². The first kappa shape index (κ1) is 15.0. The van der Waals surface area contributed by atoms with E-state index in [2.05, 4.69) is 6.92 Å². The van der Waals surface area contributed by atoms with Gasteiger partial charge in [-0.15, -0.1) is 0 Å². The highest BCUT2D eigenvalue weighted by atomic mass is 16.2. The van der Waals surface area contributed by atoms with Gasteiger partial charge in [0.2, 0.25) is 11.8 Å². The third-order valence-electron chi connectivity index (χ3n) is 3.66. The van der Waals surface area contributed by atoms with Crippen LogP contribution in [0.4, 0.5) is 0 Å². The second-order valence-electron chi connectivity index (χ2n) is 5.70. The SMILES string of the molecule is CCCCN(C)C(=O)C(C)(C)C(=O)N1CCCC1. The first-order valence-corrected chi connectivity index (χ1v) is 6.96. The van der Waals surface area contributed by atoms with Gasteiger partial charge in [0, 0.05) is 26.7 Å². The number of rotatable bonds is 5. The molecule has 2 amide bonds. The Morgan fingerprint density at radius 3 is 2.28 bits per heavy atom. The number of amides is 2. The van der Waals surface area contributed by atoms with E-state index in [1.54, 1.807) is 25.8 Å². The van der Waals surface area contributed by atoms with Crippen LogP contribution in [-0.2, 0) is 9.59 Å². The third-order valence-corrected chi connectivity index (χ3v) is 3.66. The summed E-state index contributed by atoms with van der Waals surface area (Å²) in [5, 5.41) is 0. The van der Waals surface area contributed by atoms with Gasteiger partial charge in [-0.25, -0.2) is 0 Å². The number of nitrogens with zero attached hydrogens (tertiary/aromatic N) is 2. The van der Waals surface area contributed by atoms with Crippen molar-refractivity contribution in [2.45, 2.75) is 46.5 Å². The van der Waals surface area contributed by atoms with E-state index >= 15 is 0 Å². The zero-order valence-electron chi connectivity index (χ0n) is 12.2. The molecule has 0 aromatic rings. The lowest BCUT2D eigenvalue weighted by molar-refractivity contribution is -0.152. The lowest BCUT2D eigenvalue weighted by Gasteiger charge is -2.31. The molecule has 4 heteroatoms. The van der Waals surface area contributed by atoms with Crippen molar-refractivity contribution in [1.82, 2.24) is 9.80 Å². The number of unbranched alkanes of at least 4 members (excludes halogenated alkanes) is 1. The van der Waals surface area contributed by atoms with E-state index in [-0.39, 0.29) is 11.8 Å². The highest BCUT2D eigenvalue weighted by Gasteiger charge is 2.41. The molecule has 0 aromatic heterocycles. The van der Waals surface area contributed by atoms with Crippen LogP contribution in [0.2, 0.25) is 0 Å². The van der Waals surface area contributed by atoms with Crippen LogP contribution in [0.1, 0.15) is 46.5 Å². The summed E-state index contributed by atoms with van der Waals surface area (Å²) in [4.78, 5) is 28.2. The average Bonchev–Trinajstić information content (AvgIpc) is 2.87. The van der Waals surface area contributed by atoms with Crippen molar-refractivity contribution in [2.24, 2.45) is 5.41 Å². The fraction of sp³-hybridized carbons (Fsp3) is 0.857. The Morgan fingerprint density at radius 1 is 1.22 bits per heavy atom. The number of hydrogen-bond acceptors (Lipinski definition) is 2. The maximum Gasteiger partial charge on any atom is 0.237 e. The highest BCUT2D eigenvalue weighted by Crippen LogP contribution is 2.24. The van der Waals surface area contributed by atoms with Gasteiger partial charge in [-0.1, -0.05) is 13.3 Å². The van der Waals surface area contributed by atoms with Gasteiger partial charge in [0.15, 0.2) is 0 Å². The van der Waals surface area contributed by atoms with Gasteiger partial charge in [-0.05, 0) is 33.1 Å². The molecule has 1 saturated heterocycles. The molecule has 0 unspecified atom stereocenters. The molecule has 0 aliphatic carbocycles. The molecule has 18 heavy (non-hydrogen) atoms. The summed E-state index contributed by atoms with van der Waals surface area (Å²) < 4.78 is 0. The Kier molecular flexibility index (Phi) is 5.17. The summed E-state index contributed by atoms with van der Waals surface area (Å²) in [7, 11) is 1.79. The van der Waals surface area contributed by atoms with Crippen molar-refractivity contribution in [3.05, 3.63) is 0 Å². The molecule has 104 valence electrons. The molecule has 0 radical (unpaired) electrons. The van der Waals surface area contributed by atoms with Gasteiger partial charge in [-0.2, -0.15) is 0 Å². The van der Waals surface area contributed by atoms with Gasteiger partial charge in [0.05, 0.1) is 0 Å². The molecule has 0 saturated carbocycles. The van der Waals surface area contributed by atoms with Crippen LogP contribution in [-0.4, -0.2) is 48.3 Å². The highest BCUT2D eigenvalue weighted by molar-refractivity contribution is 6.04. The van der Waals surface area contributed by atoms with Crippen molar-refractivity contribution in [3.8, 4) is 0 Å². The minimum absolute atomic E-state index is 0.0200. The van der Waals surface area contributed by atoms with Crippen LogP contribution in [0, 0.1) is 5.41 Å². The molecule has 1 heterocycles. The molecule has 0 bridgehead atoms. The fourth-order valence-corrected chi connectivity index (χ4v) is 2.38. The van der Waals surface area contributed by atoms with E-state index in [4.69, 9.17) is 0 Å². The van der Waals surface area contributed by atoms with E-state index in [1.807, 2.05) is 4.90 Å². The molecule has 1 aliphatic heterocycles. The number of carbonyl (C=O) groups excluding carboxylic acids is 2. The maximum absolute atomic E-state index is 12.4. The van der Waals surface area contributed by atoms with E-state index in [0.29, 0.717) is 0 Å². The average molecular weight is 254 g/mol.